The average Bonchev–Trinajstić information content (AvgIpc) is 2.92. The minimum Gasteiger partial charge on any atom is -0.468 e. The molecule has 0 saturated carbocycles. The first-order valence-corrected chi connectivity index (χ1v) is 6.58. The summed E-state index contributed by atoms with van der Waals surface area (Å²) in [5.41, 5.74) is 1.40. The van der Waals surface area contributed by atoms with Crippen LogP contribution in [0.3, 0.4) is 0 Å². The zero-order valence-electron chi connectivity index (χ0n) is 9.96. The molecule has 0 bridgehead atoms. The monoisotopic (exact) mass is 263 g/mol. The second-order valence-corrected chi connectivity index (χ2v) is 4.59. The van der Waals surface area contributed by atoms with Gasteiger partial charge in [0, 0.05) is 11.9 Å². The normalized spacial score (nSPS) is 10.3. The summed E-state index contributed by atoms with van der Waals surface area (Å²) < 4.78 is 9.84. The smallest absolute Gasteiger partial charge is 0.339 e. The first-order chi connectivity index (χ1) is 8.79. The van der Waals surface area contributed by atoms with Gasteiger partial charge in [-0.3, -0.25) is 4.98 Å². The minimum absolute atomic E-state index is 0.364. The van der Waals surface area contributed by atoms with Gasteiger partial charge in [0.1, 0.15) is 5.76 Å². The molecule has 0 amide bonds. The highest BCUT2D eigenvalue weighted by Gasteiger charge is 2.05. The standard InChI is InChI=1S/C13H13NO3S/c1-16-13(15)10-4-5-11(14-7-10)8-18-9-12-3-2-6-17-12/h2-7H,8-9H2,1H3. The molecule has 0 saturated heterocycles. The van der Waals surface area contributed by atoms with Crippen LogP contribution in [0.25, 0.3) is 0 Å². The van der Waals surface area contributed by atoms with Crippen LogP contribution < -0.4 is 0 Å². The van der Waals surface area contributed by atoms with Crippen molar-refractivity contribution in [2.45, 2.75) is 11.5 Å². The lowest BCUT2D eigenvalue weighted by atomic mass is 10.2. The number of carbonyl (C=O) groups excluding carboxylic acids is 1. The molecule has 0 spiro atoms. The van der Waals surface area contributed by atoms with E-state index in [2.05, 4.69) is 9.72 Å². The number of aromatic nitrogens is 1. The molecule has 0 aromatic carbocycles. The van der Waals surface area contributed by atoms with E-state index in [4.69, 9.17) is 4.42 Å². The number of nitrogens with zero attached hydrogens (tertiary/aromatic N) is 1. The molecular weight excluding hydrogens is 250 g/mol. The molecule has 0 unspecified atom stereocenters. The van der Waals surface area contributed by atoms with Crippen molar-refractivity contribution in [3.63, 3.8) is 0 Å². The number of pyridine rings is 1. The van der Waals surface area contributed by atoms with Crippen LogP contribution >= 0.6 is 11.8 Å². The largest absolute Gasteiger partial charge is 0.468 e. The number of thioether (sulfide) groups is 1. The van der Waals surface area contributed by atoms with E-state index < -0.39 is 0 Å². The van der Waals surface area contributed by atoms with Crippen molar-refractivity contribution in [2.75, 3.05) is 7.11 Å². The van der Waals surface area contributed by atoms with E-state index >= 15 is 0 Å². The highest BCUT2D eigenvalue weighted by Crippen LogP contribution is 2.17. The molecular formula is C13H13NO3S. The van der Waals surface area contributed by atoms with Crippen molar-refractivity contribution in [3.8, 4) is 0 Å². The summed E-state index contributed by atoms with van der Waals surface area (Å²) in [7, 11) is 1.36. The van der Waals surface area contributed by atoms with Crippen LogP contribution in [0.5, 0.6) is 0 Å². The van der Waals surface area contributed by atoms with Crippen molar-refractivity contribution in [2.24, 2.45) is 0 Å². The van der Waals surface area contributed by atoms with Gasteiger partial charge in [0.2, 0.25) is 0 Å². The van der Waals surface area contributed by atoms with E-state index in [1.54, 1.807) is 24.1 Å². The maximum atomic E-state index is 11.2. The Hall–Kier alpha value is -1.75. The van der Waals surface area contributed by atoms with Gasteiger partial charge in [-0.25, -0.2) is 4.79 Å². The van der Waals surface area contributed by atoms with Crippen LogP contribution in [0.2, 0.25) is 0 Å². The first kappa shape index (κ1) is 12.7. The number of esters is 1. The molecule has 0 N–H and O–H groups in total. The van der Waals surface area contributed by atoms with Crippen molar-refractivity contribution in [1.29, 1.82) is 0 Å². The Morgan fingerprint density at radius 1 is 1.39 bits per heavy atom. The molecule has 2 rings (SSSR count). The molecule has 94 valence electrons. The van der Waals surface area contributed by atoms with Crippen LogP contribution in [-0.2, 0) is 16.2 Å². The highest BCUT2D eigenvalue weighted by molar-refractivity contribution is 7.97. The number of rotatable bonds is 5. The van der Waals surface area contributed by atoms with E-state index in [0.717, 1.165) is 23.0 Å². The summed E-state index contributed by atoms with van der Waals surface area (Å²) in [5.74, 6) is 2.18. The molecule has 18 heavy (non-hydrogen) atoms. The average molecular weight is 263 g/mol. The zero-order valence-corrected chi connectivity index (χ0v) is 10.8. The molecule has 0 radical (unpaired) electrons. The Morgan fingerprint density at radius 2 is 2.28 bits per heavy atom. The fourth-order valence-electron chi connectivity index (χ4n) is 1.40. The first-order valence-electron chi connectivity index (χ1n) is 5.43. The lowest BCUT2D eigenvalue weighted by Crippen LogP contribution is -2.02. The lowest BCUT2D eigenvalue weighted by molar-refractivity contribution is 0.0600. The molecule has 4 nitrogen and oxygen atoms in total. The SMILES string of the molecule is COC(=O)c1ccc(CSCc2ccco2)nc1. The molecule has 0 aliphatic heterocycles. The number of furan rings is 1. The van der Waals surface area contributed by atoms with Gasteiger partial charge >= 0.3 is 5.97 Å². The molecule has 5 heteroatoms. The van der Waals surface area contributed by atoms with Crippen LogP contribution in [-0.4, -0.2) is 18.1 Å². The third-order valence-corrected chi connectivity index (χ3v) is 3.31. The van der Waals surface area contributed by atoms with Crippen LogP contribution in [0.4, 0.5) is 0 Å². The van der Waals surface area contributed by atoms with Gasteiger partial charge in [0.25, 0.3) is 0 Å². The minimum atomic E-state index is -0.364. The van der Waals surface area contributed by atoms with Gasteiger partial charge in [-0.05, 0) is 24.3 Å². The Morgan fingerprint density at radius 3 is 2.89 bits per heavy atom. The third-order valence-electron chi connectivity index (χ3n) is 2.32. The molecule has 0 aliphatic carbocycles. The Kier molecular flexibility index (Phi) is 4.41. The van der Waals surface area contributed by atoms with Gasteiger partial charge in [-0.1, -0.05) is 0 Å². The van der Waals surface area contributed by atoms with Gasteiger partial charge in [-0.2, -0.15) is 0 Å². The number of hydrogen-bond acceptors (Lipinski definition) is 5. The molecule has 0 aliphatic rings. The Labute approximate surface area is 109 Å². The zero-order chi connectivity index (χ0) is 12.8. The maximum Gasteiger partial charge on any atom is 0.339 e. The summed E-state index contributed by atoms with van der Waals surface area (Å²) in [6.45, 7) is 0. The van der Waals surface area contributed by atoms with Crippen LogP contribution in [0.15, 0.2) is 41.1 Å². The molecule has 0 fully saturated rings. The summed E-state index contributed by atoms with van der Waals surface area (Å²) in [5, 5.41) is 0. The summed E-state index contributed by atoms with van der Waals surface area (Å²) >= 11 is 1.71. The molecule has 2 aromatic rings. The van der Waals surface area contributed by atoms with Gasteiger partial charge in [0.15, 0.2) is 0 Å². The number of methoxy groups -OCH3 is 1. The van der Waals surface area contributed by atoms with Gasteiger partial charge in [0.05, 0.1) is 30.4 Å². The van der Waals surface area contributed by atoms with Gasteiger partial charge in [-0.15, -0.1) is 11.8 Å². The second kappa shape index (κ2) is 6.26. The number of ether oxygens (including phenoxy) is 1. The van der Waals surface area contributed by atoms with E-state index in [0.29, 0.717) is 5.56 Å². The lowest BCUT2D eigenvalue weighted by Gasteiger charge is -2.01. The van der Waals surface area contributed by atoms with E-state index in [-0.39, 0.29) is 5.97 Å². The number of hydrogen-bond donors (Lipinski definition) is 0. The fourth-order valence-corrected chi connectivity index (χ4v) is 2.25. The fraction of sp³-hybridized carbons (Fsp3) is 0.231. The quantitative estimate of drug-likeness (QED) is 0.776. The van der Waals surface area contributed by atoms with Crippen LogP contribution in [0, 0.1) is 0 Å². The van der Waals surface area contributed by atoms with E-state index in [1.165, 1.54) is 13.3 Å². The van der Waals surface area contributed by atoms with E-state index in [9.17, 15) is 4.79 Å². The predicted octanol–water partition coefficient (Wildman–Crippen LogP) is 2.89. The number of carbonyl (C=O) groups is 1. The second-order valence-electron chi connectivity index (χ2n) is 3.60. The van der Waals surface area contributed by atoms with E-state index in [1.807, 2.05) is 18.2 Å². The predicted molar refractivity (Wildman–Crippen MR) is 69.3 cm³/mol. The molecule has 2 aromatic heterocycles. The topological polar surface area (TPSA) is 52.3 Å². The molecule has 2 heterocycles. The van der Waals surface area contributed by atoms with Crippen molar-refractivity contribution in [1.82, 2.24) is 4.98 Å². The highest BCUT2D eigenvalue weighted by atomic mass is 32.2. The van der Waals surface area contributed by atoms with Crippen molar-refractivity contribution >= 4 is 17.7 Å². The Bertz CT molecular complexity index is 493. The van der Waals surface area contributed by atoms with Crippen LogP contribution in [0.1, 0.15) is 21.8 Å². The molecule has 0 atom stereocenters. The van der Waals surface area contributed by atoms with Crippen molar-refractivity contribution < 1.29 is 13.9 Å². The summed E-state index contributed by atoms with van der Waals surface area (Å²) in [6, 6.07) is 7.38. The third kappa shape index (κ3) is 3.37. The Balaban J connectivity index is 1.85. The van der Waals surface area contributed by atoms with Crippen molar-refractivity contribution in [3.05, 3.63) is 53.7 Å². The summed E-state index contributed by atoms with van der Waals surface area (Å²) in [6.07, 6.45) is 3.20. The van der Waals surface area contributed by atoms with Gasteiger partial charge < -0.3 is 9.15 Å². The summed E-state index contributed by atoms with van der Waals surface area (Å²) in [4.78, 5) is 15.4. The maximum absolute atomic E-state index is 11.2.